The Bertz CT molecular complexity index is 669. The molecule has 2 aromatic heterocycles. The van der Waals surface area contributed by atoms with Crippen LogP contribution < -0.4 is 5.32 Å². The van der Waals surface area contributed by atoms with Crippen LogP contribution in [0.25, 0.3) is 0 Å². The van der Waals surface area contributed by atoms with Gasteiger partial charge in [0.05, 0.1) is 11.7 Å². The number of aromatic nitrogens is 3. The van der Waals surface area contributed by atoms with Crippen LogP contribution in [0.2, 0.25) is 0 Å². The van der Waals surface area contributed by atoms with Gasteiger partial charge in [0.1, 0.15) is 5.76 Å². The number of hydrogen-bond acceptors (Lipinski definition) is 5. The summed E-state index contributed by atoms with van der Waals surface area (Å²) in [5, 5.41) is 11.0. The maximum Gasteiger partial charge on any atom is 0.226 e. The first-order chi connectivity index (χ1) is 10.5. The minimum Gasteiger partial charge on any atom is -0.360 e. The SMILES string of the molecule is Cc1cc(C)n(C2CN(CCC(=O)Nc3cc(C)on3)C2)n1. The van der Waals surface area contributed by atoms with Gasteiger partial charge in [-0.25, -0.2) is 0 Å². The zero-order chi connectivity index (χ0) is 15.7. The molecule has 3 rings (SSSR count). The van der Waals surface area contributed by atoms with Gasteiger partial charge in [0.25, 0.3) is 0 Å². The fraction of sp³-hybridized carbons (Fsp3) is 0.533. The van der Waals surface area contributed by atoms with Crippen molar-refractivity contribution in [3.8, 4) is 0 Å². The molecular formula is C15H21N5O2. The number of hydrogen-bond donors (Lipinski definition) is 1. The maximum absolute atomic E-state index is 11.8. The van der Waals surface area contributed by atoms with Gasteiger partial charge in [0.15, 0.2) is 5.82 Å². The van der Waals surface area contributed by atoms with Crippen LogP contribution in [0.4, 0.5) is 5.82 Å². The van der Waals surface area contributed by atoms with Crippen molar-refractivity contribution in [2.75, 3.05) is 25.0 Å². The number of nitrogens with zero attached hydrogens (tertiary/aromatic N) is 4. The molecule has 0 bridgehead atoms. The average Bonchev–Trinajstić information content (AvgIpc) is 2.94. The molecule has 22 heavy (non-hydrogen) atoms. The Morgan fingerprint density at radius 3 is 2.73 bits per heavy atom. The highest BCUT2D eigenvalue weighted by Gasteiger charge is 2.29. The molecule has 2 aromatic rings. The van der Waals surface area contributed by atoms with E-state index in [0.29, 0.717) is 24.0 Å². The number of likely N-dealkylation sites (tertiary alicyclic amines) is 1. The Balaban J connectivity index is 1.41. The van der Waals surface area contributed by atoms with Gasteiger partial charge >= 0.3 is 0 Å². The zero-order valence-electron chi connectivity index (χ0n) is 13.2. The third-order valence-electron chi connectivity index (χ3n) is 3.88. The first kappa shape index (κ1) is 14.8. The van der Waals surface area contributed by atoms with E-state index >= 15 is 0 Å². The lowest BCUT2D eigenvalue weighted by Gasteiger charge is -2.39. The van der Waals surface area contributed by atoms with E-state index in [1.807, 2.05) is 6.92 Å². The molecule has 1 fully saturated rings. The summed E-state index contributed by atoms with van der Waals surface area (Å²) in [4.78, 5) is 14.1. The van der Waals surface area contributed by atoms with E-state index in [0.717, 1.165) is 25.3 Å². The van der Waals surface area contributed by atoms with Crippen molar-refractivity contribution >= 4 is 11.7 Å². The summed E-state index contributed by atoms with van der Waals surface area (Å²) >= 11 is 0. The van der Waals surface area contributed by atoms with E-state index in [4.69, 9.17) is 4.52 Å². The minimum atomic E-state index is -0.0390. The predicted molar refractivity (Wildman–Crippen MR) is 81.7 cm³/mol. The van der Waals surface area contributed by atoms with Gasteiger partial charge < -0.3 is 9.84 Å². The molecule has 1 saturated heterocycles. The first-order valence-electron chi connectivity index (χ1n) is 7.49. The van der Waals surface area contributed by atoms with E-state index in [-0.39, 0.29) is 5.91 Å². The number of aryl methyl sites for hydroxylation is 3. The third-order valence-corrected chi connectivity index (χ3v) is 3.88. The Hall–Kier alpha value is -2.15. The quantitative estimate of drug-likeness (QED) is 0.909. The molecule has 1 N–H and O–H groups in total. The van der Waals surface area contributed by atoms with Crippen LogP contribution in [0.5, 0.6) is 0 Å². The monoisotopic (exact) mass is 303 g/mol. The smallest absolute Gasteiger partial charge is 0.226 e. The fourth-order valence-corrected chi connectivity index (χ4v) is 2.79. The number of rotatable bonds is 5. The lowest BCUT2D eigenvalue weighted by molar-refractivity contribution is -0.116. The molecule has 0 spiro atoms. The van der Waals surface area contributed by atoms with Crippen molar-refractivity contribution < 1.29 is 9.32 Å². The largest absolute Gasteiger partial charge is 0.360 e. The van der Waals surface area contributed by atoms with Gasteiger partial charge in [0, 0.05) is 37.8 Å². The molecule has 1 amide bonds. The van der Waals surface area contributed by atoms with Crippen molar-refractivity contribution in [2.24, 2.45) is 0 Å². The summed E-state index contributed by atoms with van der Waals surface area (Å²) in [5.74, 6) is 1.13. The number of carbonyl (C=O) groups excluding carboxylic acids is 1. The highest BCUT2D eigenvalue weighted by molar-refractivity contribution is 5.89. The van der Waals surface area contributed by atoms with Crippen molar-refractivity contribution in [2.45, 2.75) is 33.2 Å². The minimum absolute atomic E-state index is 0.0390. The number of amides is 1. The second kappa shape index (κ2) is 5.92. The van der Waals surface area contributed by atoms with Gasteiger partial charge in [-0.15, -0.1) is 0 Å². The molecule has 0 atom stereocenters. The topological polar surface area (TPSA) is 76.2 Å². The van der Waals surface area contributed by atoms with E-state index in [9.17, 15) is 4.79 Å². The molecule has 7 heteroatoms. The molecular weight excluding hydrogens is 282 g/mol. The molecule has 1 aliphatic heterocycles. The van der Waals surface area contributed by atoms with Crippen LogP contribution in [0.15, 0.2) is 16.7 Å². The Labute approximate surface area is 129 Å². The van der Waals surface area contributed by atoms with Crippen LogP contribution >= 0.6 is 0 Å². The van der Waals surface area contributed by atoms with Crippen LogP contribution in [0.3, 0.4) is 0 Å². The van der Waals surface area contributed by atoms with Gasteiger partial charge in [-0.3, -0.25) is 14.4 Å². The summed E-state index contributed by atoms with van der Waals surface area (Å²) in [6.07, 6.45) is 0.454. The molecule has 1 aliphatic rings. The van der Waals surface area contributed by atoms with Gasteiger partial charge in [-0.1, -0.05) is 5.16 Å². The summed E-state index contributed by atoms with van der Waals surface area (Å²) < 4.78 is 7.00. The summed E-state index contributed by atoms with van der Waals surface area (Å²) in [6.45, 7) is 8.52. The van der Waals surface area contributed by atoms with Crippen LogP contribution in [-0.4, -0.2) is 45.4 Å². The highest BCUT2D eigenvalue weighted by Crippen LogP contribution is 2.22. The first-order valence-corrected chi connectivity index (χ1v) is 7.49. The normalized spacial score (nSPS) is 15.8. The average molecular weight is 303 g/mol. The van der Waals surface area contributed by atoms with E-state index in [1.165, 1.54) is 5.69 Å². The van der Waals surface area contributed by atoms with Gasteiger partial charge in [-0.05, 0) is 26.8 Å². The lowest BCUT2D eigenvalue weighted by Crippen LogP contribution is -2.49. The number of carbonyl (C=O) groups is 1. The molecule has 0 radical (unpaired) electrons. The van der Waals surface area contributed by atoms with Gasteiger partial charge in [-0.2, -0.15) is 5.10 Å². The third kappa shape index (κ3) is 3.19. The van der Waals surface area contributed by atoms with Crippen molar-refractivity contribution in [3.63, 3.8) is 0 Å². The van der Waals surface area contributed by atoms with Crippen molar-refractivity contribution in [3.05, 3.63) is 29.3 Å². The van der Waals surface area contributed by atoms with E-state index in [1.54, 1.807) is 13.0 Å². The summed E-state index contributed by atoms with van der Waals surface area (Å²) in [6, 6.07) is 4.23. The molecule has 3 heterocycles. The Morgan fingerprint density at radius 1 is 1.36 bits per heavy atom. The van der Waals surface area contributed by atoms with Crippen molar-refractivity contribution in [1.29, 1.82) is 0 Å². The predicted octanol–water partition coefficient (Wildman–Crippen LogP) is 1.68. The second-order valence-corrected chi connectivity index (χ2v) is 5.91. The van der Waals surface area contributed by atoms with E-state index < -0.39 is 0 Å². The fourth-order valence-electron chi connectivity index (χ4n) is 2.79. The standard InChI is InChI=1S/C15H21N5O2/c1-10-6-11(2)20(17-10)13-8-19(9-13)5-4-15(21)16-14-7-12(3)22-18-14/h6-7,13H,4-5,8-9H2,1-3H3,(H,16,18,21). The Morgan fingerprint density at radius 2 is 2.14 bits per heavy atom. The molecule has 0 aliphatic carbocycles. The molecule has 118 valence electrons. The lowest BCUT2D eigenvalue weighted by atomic mass is 10.1. The maximum atomic E-state index is 11.8. The highest BCUT2D eigenvalue weighted by atomic mass is 16.5. The zero-order valence-corrected chi connectivity index (χ0v) is 13.2. The van der Waals surface area contributed by atoms with Crippen LogP contribution in [0.1, 0.15) is 29.6 Å². The summed E-state index contributed by atoms with van der Waals surface area (Å²) in [5.41, 5.74) is 2.25. The Kier molecular flexibility index (Phi) is 3.98. The molecule has 0 aromatic carbocycles. The summed E-state index contributed by atoms with van der Waals surface area (Å²) in [7, 11) is 0. The molecule has 7 nitrogen and oxygen atoms in total. The van der Waals surface area contributed by atoms with Gasteiger partial charge in [0.2, 0.25) is 5.91 Å². The van der Waals surface area contributed by atoms with Crippen LogP contribution in [-0.2, 0) is 4.79 Å². The van der Waals surface area contributed by atoms with E-state index in [2.05, 4.69) is 38.1 Å². The molecule has 0 saturated carbocycles. The molecule has 0 unspecified atom stereocenters. The number of nitrogens with one attached hydrogen (secondary N) is 1. The number of anilines is 1. The van der Waals surface area contributed by atoms with Crippen molar-refractivity contribution in [1.82, 2.24) is 19.8 Å². The van der Waals surface area contributed by atoms with Crippen LogP contribution in [0, 0.1) is 20.8 Å². The second-order valence-electron chi connectivity index (χ2n) is 5.91.